The molecule has 35 heavy (non-hydrogen) atoms. The minimum atomic E-state index is -0.639. The quantitative estimate of drug-likeness (QED) is 0.649. The van der Waals surface area contributed by atoms with Crippen LogP contribution < -0.4 is 15.8 Å². The van der Waals surface area contributed by atoms with Crippen LogP contribution in [0.15, 0.2) is 65.3 Å². The van der Waals surface area contributed by atoms with Crippen LogP contribution in [0, 0.1) is 30.6 Å². The van der Waals surface area contributed by atoms with Gasteiger partial charge in [0.15, 0.2) is 12.4 Å². The number of carbonyl (C=O) groups excluding carboxylic acids is 2. The molecular formula is C28H29N3O4. The summed E-state index contributed by atoms with van der Waals surface area (Å²) in [5.74, 6) is 0.00242. The fourth-order valence-corrected chi connectivity index (χ4v) is 4.79. The van der Waals surface area contributed by atoms with E-state index in [1.807, 2.05) is 52.0 Å². The molecule has 1 aliphatic carbocycles. The summed E-state index contributed by atoms with van der Waals surface area (Å²) < 4.78 is 11.5. The number of hydrogen-bond acceptors (Lipinski definition) is 6. The molecule has 1 amide bonds. The Morgan fingerprint density at radius 2 is 1.91 bits per heavy atom. The van der Waals surface area contributed by atoms with E-state index in [2.05, 4.69) is 11.4 Å². The van der Waals surface area contributed by atoms with Crippen molar-refractivity contribution >= 4 is 17.4 Å². The van der Waals surface area contributed by atoms with Crippen LogP contribution in [0.1, 0.15) is 49.3 Å². The number of amides is 1. The highest BCUT2D eigenvalue weighted by Crippen LogP contribution is 2.48. The number of nitriles is 1. The lowest BCUT2D eigenvalue weighted by molar-refractivity contribution is -0.119. The van der Waals surface area contributed by atoms with Gasteiger partial charge < -0.3 is 20.5 Å². The lowest BCUT2D eigenvalue weighted by atomic mass is 9.70. The molecule has 7 nitrogen and oxygen atoms in total. The van der Waals surface area contributed by atoms with Crippen molar-refractivity contribution < 1.29 is 19.1 Å². The molecule has 3 N–H and O–H groups in total. The number of nitrogens with two attached hydrogens (primary N) is 1. The first-order chi connectivity index (χ1) is 16.6. The zero-order chi connectivity index (χ0) is 25.3. The Kier molecular flexibility index (Phi) is 6.40. The molecule has 2 aromatic rings. The topological polar surface area (TPSA) is 114 Å². The molecule has 1 unspecified atom stereocenters. The lowest BCUT2D eigenvalue weighted by Crippen LogP contribution is -2.33. The van der Waals surface area contributed by atoms with E-state index in [0.29, 0.717) is 41.2 Å². The Labute approximate surface area is 205 Å². The molecule has 1 heterocycles. The van der Waals surface area contributed by atoms with E-state index in [1.54, 1.807) is 18.2 Å². The van der Waals surface area contributed by atoms with Gasteiger partial charge in [-0.1, -0.05) is 32.0 Å². The SMILES string of the molecule is Cc1cc(C)cc(NC(=O)COc2cccc(C3C(C#N)=C(N)OC4=C3C(=O)CC(C)(C)C4)c2)c1. The average molecular weight is 472 g/mol. The van der Waals surface area contributed by atoms with Crippen molar-refractivity contribution in [1.82, 2.24) is 0 Å². The molecular weight excluding hydrogens is 442 g/mol. The molecule has 0 aromatic heterocycles. The second kappa shape index (κ2) is 9.30. The number of carbonyl (C=O) groups is 2. The van der Waals surface area contributed by atoms with Gasteiger partial charge in [-0.25, -0.2) is 0 Å². The highest BCUT2D eigenvalue weighted by atomic mass is 16.5. The second-order valence-electron chi connectivity index (χ2n) is 9.99. The number of nitrogens with one attached hydrogen (secondary N) is 1. The molecule has 0 radical (unpaired) electrons. The van der Waals surface area contributed by atoms with Crippen molar-refractivity contribution in [3.05, 3.63) is 81.9 Å². The molecule has 0 spiro atoms. The molecule has 0 saturated heterocycles. The van der Waals surface area contributed by atoms with Gasteiger partial charge in [0.25, 0.3) is 5.91 Å². The summed E-state index contributed by atoms with van der Waals surface area (Å²) in [6, 6.07) is 15.0. The number of rotatable bonds is 5. The van der Waals surface area contributed by atoms with Crippen LogP contribution >= 0.6 is 0 Å². The normalized spacial score (nSPS) is 18.9. The average Bonchev–Trinajstić information content (AvgIpc) is 2.75. The van der Waals surface area contributed by atoms with Crippen LogP contribution in [0.25, 0.3) is 0 Å². The van der Waals surface area contributed by atoms with Gasteiger partial charge in [0.1, 0.15) is 23.2 Å². The minimum absolute atomic E-state index is 0.0147. The van der Waals surface area contributed by atoms with Gasteiger partial charge in [0.2, 0.25) is 5.88 Å². The standard InChI is InChI=1S/C28H29N3O4/c1-16-8-17(2)10-19(9-16)31-24(33)15-34-20-7-5-6-18(11-20)25-21(14-29)27(30)35-23-13-28(3,4)12-22(32)26(23)25/h5-11,25H,12-13,15,30H2,1-4H3,(H,31,33). The number of hydrogen-bond donors (Lipinski definition) is 2. The van der Waals surface area contributed by atoms with E-state index < -0.39 is 5.92 Å². The number of ether oxygens (including phenoxy) is 2. The van der Waals surface area contributed by atoms with Crippen LogP contribution in [0.3, 0.4) is 0 Å². The third-order valence-electron chi connectivity index (χ3n) is 6.14. The van der Waals surface area contributed by atoms with E-state index in [9.17, 15) is 14.9 Å². The van der Waals surface area contributed by atoms with Crippen molar-refractivity contribution in [2.24, 2.45) is 11.1 Å². The molecule has 0 saturated carbocycles. The summed E-state index contributed by atoms with van der Waals surface area (Å²) >= 11 is 0. The molecule has 4 rings (SSSR count). The van der Waals surface area contributed by atoms with Gasteiger partial charge in [-0.05, 0) is 60.2 Å². The van der Waals surface area contributed by atoms with Gasteiger partial charge >= 0.3 is 0 Å². The molecule has 2 aromatic carbocycles. The van der Waals surface area contributed by atoms with Crippen molar-refractivity contribution in [2.45, 2.75) is 46.5 Å². The fraction of sp³-hybridized carbons (Fsp3) is 0.321. The van der Waals surface area contributed by atoms with Crippen LogP contribution in [-0.2, 0) is 14.3 Å². The number of allylic oxidation sites excluding steroid dienone is 3. The molecule has 180 valence electrons. The number of ketones is 1. The van der Waals surface area contributed by atoms with Gasteiger partial charge in [-0.2, -0.15) is 5.26 Å². The predicted octanol–water partition coefficient (Wildman–Crippen LogP) is 4.77. The highest BCUT2D eigenvalue weighted by molar-refractivity contribution is 6.00. The molecule has 2 aliphatic rings. The van der Waals surface area contributed by atoms with Crippen LogP contribution in [0.5, 0.6) is 5.75 Å². The zero-order valence-electron chi connectivity index (χ0n) is 20.4. The predicted molar refractivity (Wildman–Crippen MR) is 132 cm³/mol. The first-order valence-corrected chi connectivity index (χ1v) is 11.5. The van der Waals surface area contributed by atoms with Crippen molar-refractivity contribution in [3.8, 4) is 11.8 Å². The van der Waals surface area contributed by atoms with E-state index >= 15 is 0 Å². The summed E-state index contributed by atoms with van der Waals surface area (Å²) in [4.78, 5) is 25.6. The lowest BCUT2D eigenvalue weighted by Gasteiger charge is -2.37. The van der Waals surface area contributed by atoms with Gasteiger partial charge in [-0.3, -0.25) is 9.59 Å². The summed E-state index contributed by atoms with van der Waals surface area (Å²) in [7, 11) is 0. The first kappa shape index (κ1) is 24.1. The summed E-state index contributed by atoms with van der Waals surface area (Å²) in [5.41, 5.74) is 10.0. The molecule has 1 atom stereocenters. The maximum Gasteiger partial charge on any atom is 0.262 e. The summed E-state index contributed by atoms with van der Waals surface area (Å²) in [6.45, 7) is 7.76. The monoisotopic (exact) mass is 471 g/mol. The largest absolute Gasteiger partial charge is 0.484 e. The Morgan fingerprint density at radius 3 is 2.60 bits per heavy atom. The van der Waals surface area contributed by atoms with Crippen molar-refractivity contribution in [3.63, 3.8) is 0 Å². The van der Waals surface area contributed by atoms with Gasteiger partial charge in [0, 0.05) is 24.1 Å². The van der Waals surface area contributed by atoms with Crippen LogP contribution in [-0.4, -0.2) is 18.3 Å². The van der Waals surface area contributed by atoms with Gasteiger partial charge in [-0.15, -0.1) is 0 Å². The molecule has 1 aliphatic heterocycles. The van der Waals surface area contributed by atoms with Crippen LogP contribution in [0.4, 0.5) is 5.69 Å². The number of Topliss-reactive ketones (excluding diaryl/α,β-unsaturated/α-hetero) is 1. The Morgan fingerprint density at radius 1 is 1.20 bits per heavy atom. The summed E-state index contributed by atoms with van der Waals surface area (Å²) in [6.07, 6.45) is 0.915. The number of benzene rings is 2. The first-order valence-electron chi connectivity index (χ1n) is 11.5. The number of anilines is 1. The van der Waals surface area contributed by atoms with Crippen LogP contribution in [0.2, 0.25) is 0 Å². The van der Waals surface area contributed by atoms with E-state index in [0.717, 1.165) is 11.1 Å². The van der Waals surface area contributed by atoms with Crippen molar-refractivity contribution in [2.75, 3.05) is 11.9 Å². The zero-order valence-corrected chi connectivity index (χ0v) is 20.4. The van der Waals surface area contributed by atoms with Crippen molar-refractivity contribution in [1.29, 1.82) is 5.26 Å². The summed E-state index contributed by atoms with van der Waals surface area (Å²) in [5, 5.41) is 12.7. The molecule has 0 bridgehead atoms. The maximum atomic E-state index is 13.1. The Balaban J connectivity index is 1.56. The van der Waals surface area contributed by atoms with E-state index in [-0.39, 0.29) is 35.2 Å². The molecule has 7 heteroatoms. The van der Waals surface area contributed by atoms with E-state index in [4.69, 9.17) is 15.2 Å². The Bertz CT molecular complexity index is 1290. The maximum absolute atomic E-state index is 13.1. The fourth-order valence-electron chi connectivity index (χ4n) is 4.79. The number of nitrogens with zero attached hydrogens (tertiary/aromatic N) is 1. The second-order valence-corrected chi connectivity index (χ2v) is 9.99. The number of aryl methyl sites for hydroxylation is 2. The Hall–Kier alpha value is -4.05. The third kappa shape index (κ3) is 5.22. The third-order valence-corrected chi connectivity index (χ3v) is 6.14. The van der Waals surface area contributed by atoms with Gasteiger partial charge in [0.05, 0.1) is 5.92 Å². The molecule has 0 fully saturated rings. The minimum Gasteiger partial charge on any atom is -0.484 e. The smallest absolute Gasteiger partial charge is 0.262 e. The highest BCUT2D eigenvalue weighted by Gasteiger charge is 2.43. The van der Waals surface area contributed by atoms with E-state index in [1.165, 1.54) is 0 Å².